The van der Waals surface area contributed by atoms with Crippen LogP contribution in [-0.2, 0) is 9.53 Å². The number of nitrogens with zero attached hydrogens (tertiary/aromatic N) is 4. The molecule has 0 aliphatic carbocycles. The van der Waals surface area contributed by atoms with Gasteiger partial charge in [0.1, 0.15) is 0 Å². The highest BCUT2D eigenvalue weighted by Crippen LogP contribution is 2.29. The molecule has 0 atom stereocenters. The van der Waals surface area contributed by atoms with Crippen LogP contribution in [0.4, 0.5) is 11.5 Å². The minimum absolute atomic E-state index is 0.0693. The molecule has 1 amide bonds. The molecule has 1 aliphatic heterocycles. The van der Waals surface area contributed by atoms with Gasteiger partial charge in [-0.25, -0.2) is 4.98 Å². The fraction of sp³-hybridized carbons (Fsp3) is 0.217. The highest BCUT2D eigenvalue weighted by atomic mass is 32.2. The van der Waals surface area contributed by atoms with Gasteiger partial charge in [0, 0.05) is 24.3 Å². The fourth-order valence-electron chi connectivity index (χ4n) is 3.43. The van der Waals surface area contributed by atoms with E-state index in [9.17, 15) is 4.79 Å². The van der Waals surface area contributed by atoms with Gasteiger partial charge >= 0.3 is 0 Å². The number of benzene rings is 2. The third-order valence-electron chi connectivity index (χ3n) is 5.03. The molecule has 0 saturated carbocycles. The number of fused-ring (bicyclic) bond motifs is 1. The van der Waals surface area contributed by atoms with Crippen molar-refractivity contribution in [3.8, 4) is 11.3 Å². The van der Waals surface area contributed by atoms with E-state index >= 15 is 0 Å². The maximum atomic E-state index is 12.5. The molecule has 32 heavy (non-hydrogen) atoms. The van der Waals surface area contributed by atoms with Crippen molar-refractivity contribution < 1.29 is 9.53 Å². The lowest BCUT2D eigenvalue weighted by Gasteiger charge is -2.27. The molecule has 3 heterocycles. The molecule has 5 rings (SSSR count). The lowest BCUT2D eigenvalue weighted by molar-refractivity contribution is -0.113. The Morgan fingerprint density at radius 3 is 2.75 bits per heavy atom. The largest absolute Gasteiger partial charge is 0.378 e. The van der Waals surface area contributed by atoms with Gasteiger partial charge in [-0.1, -0.05) is 36.0 Å². The lowest BCUT2D eigenvalue weighted by Crippen LogP contribution is -2.36. The Kier molecular flexibility index (Phi) is 6.29. The summed E-state index contributed by atoms with van der Waals surface area (Å²) in [7, 11) is 0. The van der Waals surface area contributed by atoms with E-state index in [2.05, 4.69) is 25.4 Å². The van der Waals surface area contributed by atoms with Crippen molar-refractivity contribution in [2.45, 2.75) is 4.34 Å². The van der Waals surface area contributed by atoms with Gasteiger partial charge in [0.05, 0.1) is 34.9 Å². The summed E-state index contributed by atoms with van der Waals surface area (Å²) in [6, 6.07) is 19.6. The van der Waals surface area contributed by atoms with Gasteiger partial charge in [-0.3, -0.25) is 4.79 Å². The van der Waals surface area contributed by atoms with Crippen molar-refractivity contribution in [2.75, 3.05) is 42.3 Å². The topological polar surface area (TPSA) is 80.2 Å². The first-order chi connectivity index (χ1) is 15.7. The number of para-hydroxylation sites is 1. The monoisotopic (exact) mass is 463 g/mol. The van der Waals surface area contributed by atoms with E-state index in [1.807, 2.05) is 60.7 Å². The maximum absolute atomic E-state index is 12.5. The van der Waals surface area contributed by atoms with Gasteiger partial charge in [-0.15, -0.1) is 21.5 Å². The molecule has 4 aromatic rings. The Morgan fingerprint density at radius 2 is 1.94 bits per heavy atom. The van der Waals surface area contributed by atoms with Gasteiger partial charge in [0.25, 0.3) is 0 Å². The smallest absolute Gasteiger partial charge is 0.234 e. The third-order valence-corrected chi connectivity index (χ3v) is 7.21. The number of carbonyl (C=O) groups excluding carboxylic acids is 1. The number of morpholine rings is 1. The van der Waals surface area contributed by atoms with Crippen LogP contribution in [0.5, 0.6) is 0 Å². The number of amides is 1. The van der Waals surface area contributed by atoms with E-state index in [4.69, 9.17) is 4.74 Å². The summed E-state index contributed by atoms with van der Waals surface area (Å²) in [6.07, 6.45) is 0. The van der Waals surface area contributed by atoms with Crippen LogP contribution in [-0.4, -0.2) is 53.1 Å². The normalized spacial score (nSPS) is 13.9. The quantitative estimate of drug-likeness (QED) is 0.427. The van der Waals surface area contributed by atoms with Crippen LogP contribution in [0.2, 0.25) is 0 Å². The van der Waals surface area contributed by atoms with Crippen molar-refractivity contribution >= 4 is 50.7 Å². The second kappa shape index (κ2) is 9.64. The maximum Gasteiger partial charge on any atom is 0.234 e. The van der Waals surface area contributed by atoms with Crippen molar-refractivity contribution in [1.82, 2.24) is 15.2 Å². The molecule has 0 spiro atoms. The van der Waals surface area contributed by atoms with Crippen LogP contribution in [0.25, 0.3) is 21.5 Å². The first-order valence-electron chi connectivity index (χ1n) is 10.3. The number of ether oxygens (including phenoxy) is 1. The molecule has 9 heteroatoms. The zero-order valence-electron chi connectivity index (χ0n) is 17.2. The number of nitrogens with one attached hydrogen (secondary N) is 1. The van der Waals surface area contributed by atoms with Crippen LogP contribution in [0, 0.1) is 0 Å². The summed E-state index contributed by atoms with van der Waals surface area (Å²) < 4.78 is 7.41. The number of anilines is 2. The Labute approximate surface area is 193 Å². The standard InChI is InChI=1S/C23H21N5O2S2/c29-22(15-31-23-25-19-6-1-2-7-20(19)32-23)24-17-5-3-4-16(14-17)18-8-9-21(27-26-18)28-10-12-30-13-11-28/h1-9,14H,10-13,15H2,(H,24,29). The Balaban J connectivity index is 1.21. The van der Waals surface area contributed by atoms with Gasteiger partial charge < -0.3 is 15.0 Å². The summed E-state index contributed by atoms with van der Waals surface area (Å²) in [6.45, 7) is 3.07. The fourth-order valence-corrected chi connectivity index (χ4v) is 5.30. The number of aromatic nitrogens is 3. The van der Waals surface area contributed by atoms with Gasteiger partial charge in [0.2, 0.25) is 5.91 Å². The highest BCUT2D eigenvalue weighted by molar-refractivity contribution is 8.01. The molecular formula is C23H21N5O2S2. The van der Waals surface area contributed by atoms with Crippen LogP contribution >= 0.6 is 23.1 Å². The molecule has 1 saturated heterocycles. The Hall–Kier alpha value is -3.01. The predicted molar refractivity (Wildman–Crippen MR) is 129 cm³/mol. The summed E-state index contributed by atoms with van der Waals surface area (Å²) in [5, 5.41) is 11.7. The number of rotatable bonds is 6. The molecule has 0 radical (unpaired) electrons. The van der Waals surface area contributed by atoms with E-state index in [-0.39, 0.29) is 5.91 Å². The zero-order chi connectivity index (χ0) is 21.8. The average Bonchev–Trinajstić information content (AvgIpc) is 3.27. The van der Waals surface area contributed by atoms with E-state index in [1.165, 1.54) is 11.8 Å². The second-order valence-electron chi connectivity index (χ2n) is 7.24. The predicted octanol–water partition coefficient (Wildman–Crippen LogP) is 4.32. The first-order valence-corrected chi connectivity index (χ1v) is 12.1. The van der Waals surface area contributed by atoms with Crippen LogP contribution in [0.15, 0.2) is 65.0 Å². The molecule has 1 aliphatic rings. The number of carbonyl (C=O) groups is 1. The number of hydrogen-bond acceptors (Lipinski definition) is 8. The van der Waals surface area contributed by atoms with Gasteiger partial charge in [-0.2, -0.15) is 0 Å². The lowest BCUT2D eigenvalue weighted by atomic mass is 10.1. The molecule has 2 aromatic carbocycles. The second-order valence-corrected chi connectivity index (χ2v) is 9.49. The number of thiazole rings is 1. The minimum Gasteiger partial charge on any atom is -0.378 e. The van der Waals surface area contributed by atoms with E-state index < -0.39 is 0 Å². The SMILES string of the molecule is O=C(CSc1nc2ccccc2s1)Nc1cccc(-c2ccc(N3CCOCC3)nn2)c1. The average molecular weight is 464 g/mol. The van der Waals surface area contributed by atoms with Crippen molar-refractivity contribution in [3.63, 3.8) is 0 Å². The van der Waals surface area contributed by atoms with Crippen LogP contribution in [0.3, 0.4) is 0 Å². The number of hydrogen-bond donors (Lipinski definition) is 1. The Bertz CT molecular complexity index is 1190. The summed E-state index contributed by atoms with van der Waals surface area (Å²) in [5.74, 6) is 1.09. The highest BCUT2D eigenvalue weighted by Gasteiger charge is 2.13. The molecule has 7 nitrogen and oxygen atoms in total. The van der Waals surface area contributed by atoms with Gasteiger partial charge in [-0.05, 0) is 36.4 Å². The van der Waals surface area contributed by atoms with E-state index in [0.717, 1.165) is 50.4 Å². The molecule has 1 fully saturated rings. The Morgan fingerprint density at radius 1 is 1.06 bits per heavy atom. The molecule has 0 bridgehead atoms. The van der Waals surface area contributed by atoms with E-state index in [0.29, 0.717) is 19.0 Å². The van der Waals surface area contributed by atoms with Crippen LogP contribution in [0.1, 0.15) is 0 Å². The first kappa shape index (κ1) is 20.9. The summed E-state index contributed by atoms with van der Waals surface area (Å²) in [4.78, 5) is 19.2. The molecule has 2 aromatic heterocycles. The minimum atomic E-state index is -0.0693. The molecule has 0 unspecified atom stereocenters. The zero-order valence-corrected chi connectivity index (χ0v) is 18.9. The summed E-state index contributed by atoms with van der Waals surface area (Å²) >= 11 is 3.05. The van der Waals surface area contributed by atoms with Crippen molar-refractivity contribution in [1.29, 1.82) is 0 Å². The van der Waals surface area contributed by atoms with E-state index in [1.54, 1.807) is 11.3 Å². The van der Waals surface area contributed by atoms with Crippen molar-refractivity contribution in [3.05, 3.63) is 60.7 Å². The third kappa shape index (κ3) is 4.90. The van der Waals surface area contributed by atoms with Gasteiger partial charge in [0.15, 0.2) is 10.2 Å². The molecule has 162 valence electrons. The molecule has 1 N–H and O–H groups in total. The van der Waals surface area contributed by atoms with Crippen molar-refractivity contribution in [2.24, 2.45) is 0 Å². The summed E-state index contributed by atoms with van der Waals surface area (Å²) in [5.41, 5.74) is 3.37. The van der Waals surface area contributed by atoms with Crippen LogP contribution < -0.4 is 10.2 Å². The number of thioether (sulfide) groups is 1. The molecular weight excluding hydrogens is 442 g/mol.